The summed E-state index contributed by atoms with van der Waals surface area (Å²) in [7, 11) is 0. The van der Waals surface area contributed by atoms with Crippen molar-refractivity contribution in [3.05, 3.63) is 313 Å². The maximum Gasteiger partial charge on any atom is 0.129 e. The Balaban J connectivity index is 0.893. The molecular formula is C78H60N4O2S. The summed E-state index contributed by atoms with van der Waals surface area (Å²) in [5.41, 5.74) is 19.1. The number of nitrogens with zero attached hydrogens (tertiary/aromatic N) is 4. The monoisotopic (exact) mass is 1120 g/mol. The molecule has 3 heterocycles. The van der Waals surface area contributed by atoms with Gasteiger partial charge in [-0.15, -0.1) is 0 Å². The molecule has 0 atom stereocenters. The van der Waals surface area contributed by atoms with Crippen LogP contribution in [-0.2, 0) is 18.5 Å². The molecule has 11 aromatic carbocycles. The molecule has 0 N–H and O–H groups in total. The normalized spacial score (nSPS) is 12.8. The minimum absolute atomic E-state index is 0.581. The third-order valence-electron chi connectivity index (χ3n) is 17.2. The summed E-state index contributed by atoms with van der Waals surface area (Å²) in [4.78, 5) is 7.39. The maximum atomic E-state index is 6.39. The van der Waals surface area contributed by atoms with Gasteiger partial charge in [-0.1, -0.05) is 152 Å². The van der Waals surface area contributed by atoms with E-state index in [2.05, 4.69) is 253 Å². The highest BCUT2D eigenvalue weighted by Crippen LogP contribution is 2.63. The van der Waals surface area contributed by atoms with Crippen LogP contribution in [0.4, 0.5) is 34.1 Å². The molecule has 0 fully saturated rings. The van der Waals surface area contributed by atoms with Crippen molar-refractivity contribution in [2.45, 2.75) is 49.1 Å². The molecule has 0 saturated carbocycles. The average Bonchev–Trinajstić information content (AvgIpc) is 1.68. The number of benzene rings is 11. The lowest BCUT2D eigenvalue weighted by atomic mass is 9.67. The Morgan fingerprint density at radius 3 is 1.44 bits per heavy atom. The zero-order valence-electron chi connectivity index (χ0n) is 47.6. The first-order valence-corrected chi connectivity index (χ1v) is 30.1. The highest BCUT2D eigenvalue weighted by Gasteiger charge is 2.51. The number of hydrogen-bond acceptors (Lipinski definition) is 5. The molecule has 0 saturated heterocycles. The minimum Gasteiger partial charge on any atom is -0.458 e. The van der Waals surface area contributed by atoms with E-state index in [9.17, 15) is 0 Å². The molecule has 13 aromatic rings. The summed E-state index contributed by atoms with van der Waals surface area (Å²) in [6, 6.07) is 94.5. The lowest BCUT2D eigenvalue weighted by Gasteiger charge is -2.40. The van der Waals surface area contributed by atoms with Gasteiger partial charge in [0.05, 0.1) is 22.0 Å². The molecular weight excluding hydrogens is 1060 g/mol. The maximum absolute atomic E-state index is 6.39. The Hall–Kier alpha value is -10.2. The summed E-state index contributed by atoms with van der Waals surface area (Å²) in [6.45, 7) is 12.5. The smallest absolute Gasteiger partial charge is 0.129 e. The van der Waals surface area contributed by atoms with Gasteiger partial charge in [0.25, 0.3) is 0 Å². The Labute approximate surface area is 500 Å². The second-order valence-electron chi connectivity index (χ2n) is 21.8. The Bertz CT molecular complexity index is 4710. The number of fused-ring (bicyclic) bond motifs is 13. The van der Waals surface area contributed by atoms with Crippen molar-refractivity contribution in [2.75, 3.05) is 9.80 Å². The number of anilines is 6. The number of hydrogen-bond donors (Lipinski definition) is 0. The number of rotatable bonds is 14. The lowest BCUT2D eigenvalue weighted by molar-refractivity contribution is 0.447. The number of aryl methyl sites for hydroxylation is 2. The molecule has 410 valence electrons. The molecule has 7 heteroatoms. The quantitative estimate of drug-likeness (QED) is 0.0801. The Morgan fingerprint density at radius 1 is 0.435 bits per heavy atom. The van der Waals surface area contributed by atoms with Crippen LogP contribution in [0.2, 0.25) is 0 Å². The molecule has 0 unspecified atom stereocenters. The predicted molar refractivity (Wildman–Crippen MR) is 354 cm³/mol. The van der Waals surface area contributed by atoms with Gasteiger partial charge >= 0.3 is 0 Å². The van der Waals surface area contributed by atoms with E-state index < -0.39 is 5.41 Å². The SMILES string of the molecule is C=C(/C=C\c1c(C)n(CC)c2cc(N(c3ccccc3)c3ccc4c(c3)C3(c5ccccc5Sc5ccccc53)c3cc(N(c5ccccc5)c5ccc6c7ccc(Oc8ccccc8)cc7n(CC)c6c5)ccc3-4)ccc12)Oc1ccccc1. The molecule has 0 radical (unpaired) electrons. The predicted octanol–water partition coefficient (Wildman–Crippen LogP) is 21.3. The third-order valence-corrected chi connectivity index (χ3v) is 18.3. The van der Waals surface area contributed by atoms with E-state index in [-0.39, 0.29) is 0 Å². The van der Waals surface area contributed by atoms with Crippen molar-refractivity contribution < 1.29 is 9.47 Å². The van der Waals surface area contributed by atoms with E-state index in [0.717, 1.165) is 75.5 Å². The second-order valence-corrected chi connectivity index (χ2v) is 22.9. The molecule has 2 aliphatic rings. The standard InChI is InChI=1S/C78H60N4O2S/c1-5-79-53(4)63(41-35-52(3)83-60-27-15-9-16-28-60)66-44-38-58(49-73(66)79)81(54-23-11-7-12-24-54)56-36-42-64-65-43-37-57(48-72(65)78(71(64)47-56)69-31-19-21-33-76(69)85-77-34-22-20-32-70(77)78)82(55-25-13-8-14-26-55)59-39-45-67-68-46-40-62(84-61-29-17-10-18-30-61)51-75(68)80(6-2)74(67)50-59/h7-51H,3,5-6H2,1-2,4H3/b41-35-. The fraction of sp³-hybridized carbons (Fsp3) is 0.0769. The van der Waals surface area contributed by atoms with Crippen molar-refractivity contribution in [1.29, 1.82) is 0 Å². The van der Waals surface area contributed by atoms with E-state index in [1.165, 1.54) is 76.1 Å². The van der Waals surface area contributed by atoms with Crippen molar-refractivity contribution in [3.8, 4) is 28.4 Å². The highest BCUT2D eigenvalue weighted by atomic mass is 32.2. The van der Waals surface area contributed by atoms with Gasteiger partial charge in [0.2, 0.25) is 0 Å². The van der Waals surface area contributed by atoms with Crippen LogP contribution in [-0.4, -0.2) is 9.13 Å². The van der Waals surface area contributed by atoms with Gasteiger partial charge < -0.3 is 28.4 Å². The van der Waals surface area contributed by atoms with Gasteiger partial charge in [0, 0.05) is 90.5 Å². The number of aromatic nitrogens is 2. The fourth-order valence-corrected chi connectivity index (χ4v) is 14.7. The summed E-state index contributed by atoms with van der Waals surface area (Å²) in [5, 5.41) is 3.58. The summed E-state index contributed by atoms with van der Waals surface area (Å²) < 4.78 is 17.3. The molecule has 15 rings (SSSR count). The Morgan fingerprint density at radius 2 is 0.882 bits per heavy atom. The van der Waals surface area contributed by atoms with E-state index in [1.54, 1.807) is 0 Å². The molecule has 0 amide bonds. The lowest BCUT2D eigenvalue weighted by Crippen LogP contribution is -2.32. The van der Waals surface area contributed by atoms with E-state index in [0.29, 0.717) is 5.76 Å². The zero-order valence-corrected chi connectivity index (χ0v) is 48.4. The van der Waals surface area contributed by atoms with Crippen molar-refractivity contribution >= 4 is 84.7 Å². The van der Waals surface area contributed by atoms with Crippen molar-refractivity contribution in [3.63, 3.8) is 0 Å². The van der Waals surface area contributed by atoms with E-state index in [4.69, 9.17) is 9.47 Å². The molecule has 0 bridgehead atoms. The van der Waals surface area contributed by atoms with Gasteiger partial charge in [-0.3, -0.25) is 0 Å². The summed E-state index contributed by atoms with van der Waals surface area (Å²) in [5.74, 6) is 2.98. The molecule has 1 aliphatic heterocycles. The Kier molecular flexibility index (Phi) is 12.9. The highest BCUT2D eigenvalue weighted by molar-refractivity contribution is 7.99. The molecule has 1 spiro atoms. The van der Waals surface area contributed by atoms with Gasteiger partial charge in [-0.25, -0.2) is 0 Å². The average molecular weight is 1120 g/mol. The molecule has 2 aromatic heterocycles. The van der Waals surface area contributed by atoms with Crippen molar-refractivity contribution in [1.82, 2.24) is 9.13 Å². The van der Waals surface area contributed by atoms with Gasteiger partial charge in [0.1, 0.15) is 23.0 Å². The second kappa shape index (κ2) is 21.2. The van der Waals surface area contributed by atoms with E-state index in [1.807, 2.05) is 78.5 Å². The largest absolute Gasteiger partial charge is 0.458 e. The number of allylic oxidation sites excluding steroid dienone is 1. The van der Waals surface area contributed by atoms with E-state index >= 15 is 0 Å². The summed E-state index contributed by atoms with van der Waals surface area (Å²) >= 11 is 1.87. The van der Waals surface area contributed by atoms with Crippen LogP contribution in [0.5, 0.6) is 17.2 Å². The van der Waals surface area contributed by atoms with Crippen LogP contribution in [0, 0.1) is 6.92 Å². The van der Waals surface area contributed by atoms with Gasteiger partial charge in [0.15, 0.2) is 0 Å². The number of ether oxygens (including phenoxy) is 2. The first kappa shape index (κ1) is 51.7. The topological polar surface area (TPSA) is 34.8 Å². The molecule has 1 aliphatic carbocycles. The van der Waals surface area contributed by atoms with Crippen LogP contribution in [0.25, 0.3) is 49.9 Å². The first-order valence-electron chi connectivity index (χ1n) is 29.3. The van der Waals surface area contributed by atoms with Crippen molar-refractivity contribution in [2.24, 2.45) is 0 Å². The number of para-hydroxylation sites is 4. The molecule has 6 nitrogen and oxygen atoms in total. The van der Waals surface area contributed by atoms with Gasteiger partial charge in [-0.2, -0.15) is 0 Å². The van der Waals surface area contributed by atoms with Crippen LogP contribution in [0.3, 0.4) is 0 Å². The van der Waals surface area contributed by atoms with Crippen LogP contribution in [0.1, 0.15) is 47.4 Å². The van der Waals surface area contributed by atoms with Crippen LogP contribution >= 0.6 is 11.8 Å². The minimum atomic E-state index is -0.675. The molecule has 85 heavy (non-hydrogen) atoms. The fourth-order valence-electron chi connectivity index (χ4n) is 13.5. The first-order chi connectivity index (χ1) is 41.9. The van der Waals surface area contributed by atoms with Gasteiger partial charge in [-0.05, 0) is 188 Å². The van der Waals surface area contributed by atoms with Crippen LogP contribution in [0.15, 0.2) is 289 Å². The zero-order chi connectivity index (χ0) is 57.2. The summed E-state index contributed by atoms with van der Waals surface area (Å²) in [6.07, 6.45) is 4.12. The third kappa shape index (κ3) is 8.64. The van der Waals surface area contributed by atoms with Crippen LogP contribution < -0.4 is 19.3 Å².